The molecule has 0 spiro atoms. The number of alkyl halides is 3. The number of phenolic OH excluding ortho intramolecular Hbond substituents is 1. The van der Waals surface area contributed by atoms with Crippen LogP contribution >= 0.6 is 23.2 Å². The van der Waals surface area contributed by atoms with Crippen LogP contribution in [0.15, 0.2) is 77.9 Å². The van der Waals surface area contributed by atoms with E-state index < -0.39 is 23.6 Å². The number of para-hydroxylation sites is 1. The molecule has 202 valence electrons. The Hall–Kier alpha value is -4.54. The van der Waals surface area contributed by atoms with Crippen LogP contribution < -0.4 is 10.7 Å². The van der Waals surface area contributed by atoms with E-state index in [1.807, 2.05) is 0 Å². The minimum atomic E-state index is -4.75. The van der Waals surface area contributed by atoms with Gasteiger partial charge in [-0.2, -0.15) is 18.3 Å². The number of anilines is 2. The third-order valence-corrected chi connectivity index (χ3v) is 6.91. The molecule has 1 amide bonds. The first kappa shape index (κ1) is 27.0. The number of phenols is 1. The number of carboxylic acids is 1. The maximum atomic E-state index is 14.0. The van der Waals surface area contributed by atoms with E-state index in [9.17, 15) is 33.0 Å². The monoisotopic (exact) mass is 585 g/mol. The third kappa shape index (κ3) is 4.94. The molecule has 12 heteroatoms. The summed E-state index contributed by atoms with van der Waals surface area (Å²) in [6, 6.07) is 16.5. The van der Waals surface area contributed by atoms with E-state index in [0.717, 1.165) is 12.1 Å². The van der Waals surface area contributed by atoms with Crippen LogP contribution in [-0.2, 0) is 11.0 Å². The number of aromatic hydroxyl groups is 1. The Bertz CT molecular complexity index is 1740. The van der Waals surface area contributed by atoms with Gasteiger partial charge < -0.3 is 15.5 Å². The molecule has 4 aromatic rings. The molecule has 7 nitrogen and oxygen atoms in total. The van der Waals surface area contributed by atoms with Gasteiger partial charge in [-0.3, -0.25) is 10.2 Å². The average Bonchev–Trinajstić information content (AvgIpc) is 3.23. The molecular weight excluding hydrogens is 570 g/mol. The van der Waals surface area contributed by atoms with Gasteiger partial charge in [0, 0.05) is 16.7 Å². The highest BCUT2D eigenvalue weighted by Crippen LogP contribution is 2.45. The number of amides is 1. The number of rotatable bonds is 5. The van der Waals surface area contributed by atoms with E-state index in [1.165, 1.54) is 42.5 Å². The van der Waals surface area contributed by atoms with Crippen molar-refractivity contribution < 1.29 is 33.0 Å². The zero-order valence-corrected chi connectivity index (χ0v) is 21.5. The zero-order valence-electron chi connectivity index (χ0n) is 20.0. The Morgan fingerprint density at radius 3 is 2.35 bits per heavy atom. The van der Waals surface area contributed by atoms with Gasteiger partial charge in [0.05, 0.1) is 32.5 Å². The molecule has 0 bridgehead atoms. The van der Waals surface area contributed by atoms with Gasteiger partial charge in [-0.05, 0) is 53.6 Å². The highest BCUT2D eigenvalue weighted by molar-refractivity contribution is 6.54. The van der Waals surface area contributed by atoms with E-state index in [1.54, 1.807) is 18.2 Å². The van der Waals surface area contributed by atoms with Crippen LogP contribution in [-0.4, -0.2) is 27.8 Å². The number of nitrogens with zero attached hydrogens (tertiary/aromatic N) is 1. The number of hydrogen-bond acceptors (Lipinski definition) is 5. The van der Waals surface area contributed by atoms with Crippen molar-refractivity contribution in [2.24, 2.45) is 5.10 Å². The molecule has 0 radical (unpaired) electrons. The molecule has 1 aliphatic heterocycles. The van der Waals surface area contributed by atoms with Gasteiger partial charge in [-0.1, -0.05) is 53.5 Å². The Labute approximate surface area is 234 Å². The SMILES string of the molecule is O=C1Nc2c(ccc(C(F)(F)F)c2-c2ccc(Cl)c(Cl)c2)C1=NNc1cccc(-c2cccc(C(=O)O)c2)c1O. The van der Waals surface area contributed by atoms with Crippen LogP contribution in [0, 0.1) is 0 Å². The molecule has 0 unspecified atom stereocenters. The average molecular weight is 586 g/mol. The molecule has 4 aromatic carbocycles. The maximum absolute atomic E-state index is 14.0. The number of aromatic carboxylic acids is 1. The van der Waals surface area contributed by atoms with Gasteiger partial charge in [0.1, 0.15) is 5.75 Å². The molecule has 0 aliphatic carbocycles. The summed E-state index contributed by atoms with van der Waals surface area (Å²) in [6.07, 6.45) is -4.75. The first-order valence-electron chi connectivity index (χ1n) is 11.5. The Balaban J connectivity index is 1.56. The number of fused-ring (bicyclic) bond motifs is 1. The van der Waals surface area contributed by atoms with E-state index >= 15 is 0 Å². The second-order valence-electron chi connectivity index (χ2n) is 8.65. The number of nitrogens with one attached hydrogen (secondary N) is 2. The summed E-state index contributed by atoms with van der Waals surface area (Å²) in [7, 11) is 0. The largest absolute Gasteiger partial charge is 0.505 e. The lowest BCUT2D eigenvalue weighted by atomic mass is 9.94. The summed E-state index contributed by atoms with van der Waals surface area (Å²) in [5, 5.41) is 26.8. The summed E-state index contributed by atoms with van der Waals surface area (Å²) in [4.78, 5) is 24.2. The summed E-state index contributed by atoms with van der Waals surface area (Å²) in [5.41, 5.74) is 1.96. The summed E-state index contributed by atoms with van der Waals surface area (Å²) in [5.74, 6) is -2.19. The molecule has 0 saturated carbocycles. The number of halogens is 5. The van der Waals surface area contributed by atoms with Crippen molar-refractivity contribution in [1.29, 1.82) is 0 Å². The third-order valence-electron chi connectivity index (χ3n) is 6.17. The van der Waals surface area contributed by atoms with Crippen LogP contribution in [0.3, 0.4) is 0 Å². The lowest BCUT2D eigenvalue weighted by Gasteiger charge is -2.17. The van der Waals surface area contributed by atoms with Gasteiger partial charge in [-0.15, -0.1) is 0 Å². The number of benzene rings is 4. The molecule has 4 N–H and O–H groups in total. The quantitative estimate of drug-likeness (QED) is 0.143. The number of carbonyl (C=O) groups excluding carboxylic acids is 1. The number of carbonyl (C=O) groups is 2. The Morgan fingerprint density at radius 2 is 1.65 bits per heavy atom. The van der Waals surface area contributed by atoms with Crippen molar-refractivity contribution in [2.75, 3.05) is 10.7 Å². The molecule has 1 heterocycles. The van der Waals surface area contributed by atoms with Crippen LogP contribution in [0.1, 0.15) is 21.5 Å². The molecule has 0 atom stereocenters. The fourth-order valence-electron chi connectivity index (χ4n) is 4.33. The number of carboxylic acid groups (broad SMARTS) is 1. The van der Waals surface area contributed by atoms with Crippen molar-refractivity contribution >= 4 is 52.2 Å². The fraction of sp³-hybridized carbons (Fsp3) is 0.0357. The van der Waals surface area contributed by atoms with Gasteiger partial charge >= 0.3 is 12.1 Å². The lowest BCUT2D eigenvalue weighted by Crippen LogP contribution is -2.16. The van der Waals surface area contributed by atoms with E-state index in [-0.39, 0.29) is 55.1 Å². The van der Waals surface area contributed by atoms with Crippen molar-refractivity contribution in [3.63, 3.8) is 0 Å². The van der Waals surface area contributed by atoms with Gasteiger partial charge in [0.15, 0.2) is 5.71 Å². The predicted octanol–water partition coefficient (Wildman–Crippen LogP) is 7.52. The Morgan fingerprint density at radius 1 is 0.900 bits per heavy atom. The molecular formula is C28H16Cl2F3N3O4. The lowest BCUT2D eigenvalue weighted by molar-refractivity contribution is -0.137. The molecule has 1 aliphatic rings. The van der Waals surface area contributed by atoms with Crippen molar-refractivity contribution in [3.05, 3.63) is 99.5 Å². The van der Waals surface area contributed by atoms with Crippen LogP contribution in [0.2, 0.25) is 10.0 Å². The summed E-state index contributed by atoms with van der Waals surface area (Å²) < 4.78 is 41.9. The first-order valence-corrected chi connectivity index (χ1v) is 12.2. The minimum absolute atomic E-state index is 0.0192. The normalized spacial score (nSPS) is 13.7. The number of hydrazone groups is 1. The molecule has 0 aromatic heterocycles. The van der Waals surface area contributed by atoms with E-state index in [2.05, 4.69) is 15.8 Å². The highest BCUT2D eigenvalue weighted by Gasteiger charge is 2.39. The maximum Gasteiger partial charge on any atom is 0.417 e. The minimum Gasteiger partial charge on any atom is -0.505 e. The standard InChI is InChI=1S/C28H16Cl2F3N3O4/c29-19-10-7-14(12-20(19)30)22-18(28(31,32)33)9-8-17-23(22)34-26(38)24(17)36-35-21-6-2-5-16(25(21)37)13-3-1-4-15(11-13)27(39)40/h1-12,35,37H,(H,39,40)(H,34,36,38). The molecule has 40 heavy (non-hydrogen) atoms. The van der Waals surface area contributed by atoms with Crippen molar-refractivity contribution in [3.8, 4) is 28.0 Å². The molecule has 0 fully saturated rings. The molecule has 0 saturated heterocycles. The van der Waals surface area contributed by atoms with Gasteiger partial charge in [-0.25, -0.2) is 4.79 Å². The van der Waals surface area contributed by atoms with Crippen molar-refractivity contribution in [1.82, 2.24) is 0 Å². The van der Waals surface area contributed by atoms with E-state index in [4.69, 9.17) is 23.2 Å². The molecule has 5 rings (SSSR count). The van der Waals surface area contributed by atoms with Gasteiger partial charge in [0.2, 0.25) is 0 Å². The first-order chi connectivity index (χ1) is 19.0. The predicted molar refractivity (Wildman–Crippen MR) is 146 cm³/mol. The topological polar surface area (TPSA) is 111 Å². The second kappa shape index (κ2) is 10.2. The zero-order chi connectivity index (χ0) is 28.8. The van der Waals surface area contributed by atoms with Gasteiger partial charge in [0.25, 0.3) is 5.91 Å². The van der Waals surface area contributed by atoms with Crippen molar-refractivity contribution in [2.45, 2.75) is 6.18 Å². The summed E-state index contributed by atoms with van der Waals surface area (Å²) >= 11 is 12.0. The van der Waals surface area contributed by atoms with Crippen LogP contribution in [0.25, 0.3) is 22.3 Å². The fourth-order valence-corrected chi connectivity index (χ4v) is 4.62. The smallest absolute Gasteiger partial charge is 0.417 e. The van der Waals surface area contributed by atoms with Crippen LogP contribution in [0.4, 0.5) is 24.5 Å². The summed E-state index contributed by atoms with van der Waals surface area (Å²) in [6.45, 7) is 0. The highest BCUT2D eigenvalue weighted by atomic mass is 35.5. The van der Waals surface area contributed by atoms with E-state index in [0.29, 0.717) is 11.1 Å². The number of hydrogen-bond donors (Lipinski definition) is 4. The van der Waals surface area contributed by atoms with Crippen LogP contribution in [0.5, 0.6) is 5.75 Å². The Kier molecular flexibility index (Phi) is 6.91. The second-order valence-corrected chi connectivity index (χ2v) is 9.47.